The van der Waals surface area contributed by atoms with Gasteiger partial charge >= 0.3 is 6.29 Å². The minimum Gasteiger partial charge on any atom is -0.395 e. The van der Waals surface area contributed by atoms with Gasteiger partial charge in [0.2, 0.25) is 0 Å². The van der Waals surface area contributed by atoms with Crippen LogP contribution in [0.4, 0.5) is 8.78 Å². The maximum absolute atomic E-state index is 12.9. The molecule has 0 atom stereocenters. The van der Waals surface area contributed by atoms with Crippen molar-refractivity contribution in [2.75, 3.05) is 0 Å². The van der Waals surface area contributed by atoms with Gasteiger partial charge in [0.05, 0.1) is 11.0 Å². The number of aromatic nitrogens is 2. The average Bonchev–Trinajstić information content (AvgIpc) is 2.71. The Morgan fingerprint density at radius 3 is 2.44 bits per heavy atom. The molecule has 1 aromatic carbocycles. The topological polar surface area (TPSA) is 36.3 Å². The number of benzene rings is 1. The third kappa shape index (κ3) is 1.52. The summed E-state index contributed by atoms with van der Waals surface area (Å²) < 4.78 is 36.6. The van der Waals surface area contributed by atoms with Crippen molar-refractivity contribution < 1.29 is 18.3 Å². The molecule has 0 saturated heterocycles. The smallest absolute Gasteiger partial charge is 0.395 e. The third-order valence-electron chi connectivity index (χ3n) is 2.95. The van der Waals surface area contributed by atoms with E-state index in [4.69, 9.17) is 0 Å². The predicted molar refractivity (Wildman–Crippen MR) is 61.0 cm³/mol. The first-order chi connectivity index (χ1) is 8.37. The molecular formula is C12H12F2N2O2. The van der Waals surface area contributed by atoms with Gasteiger partial charge in [0.25, 0.3) is 0 Å². The summed E-state index contributed by atoms with van der Waals surface area (Å²) in [5, 5.41) is 0. The normalized spacial score (nSPS) is 16.8. The second-order valence-electron chi connectivity index (χ2n) is 4.64. The number of hydrogen-bond acceptors (Lipinski definition) is 3. The molecule has 18 heavy (non-hydrogen) atoms. The Balaban J connectivity index is 2.19. The fraction of sp³-hybridized carbons (Fsp3) is 0.417. The Bertz CT molecular complexity index is 635. The molecule has 96 valence electrons. The van der Waals surface area contributed by atoms with E-state index in [9.17, 15) is 8.78 Å². The van der Waals surface area contributed by atoms with Crippen LogP contribution in [0.25, 0.3) is 11.0 Å². The van der Waals surface area contributed by atoms with Crippen molar-refractivity contribution in [3.05, 3.63) is 18.0 Å². The van der Waals surface area contributed by atoms with Crippen LogP contribution in [0.1, 0.15) is 25.6 Å². The molecule has 0 aliphatic carbocycles. The van der Waals surface area contributed by atoms with Gasteiger partial charge in [-0.3, -0.25) is 0 Å². The summed E-state index contributed by atoms with van der Waals surface area (Å²) in [5.74, 6) is 1.22. The van der Waals surface area contributed by atoms with Gasteiger partial charge in [-0.2, -0.15) is 0 Å². The van der Waals surface area contributed by atoms with Crippen LogP contribution in [0, 0.1) is 0 Å². The van der Waals surface area contributed by atoms with Crippen molar-refractivity contribution in [2.24, 2.45) is 7.05 Å². The number of aryl methyl sites for hydroxylation is 1. The molecule has 6 heteroatoms. The SMILES string of the molecule is CC(C)c1nc2cc3c(cc2n1C)OC(F)(F)O3. The highest BCUT2D eigenvalue weighted by Gasteiger charge is 2.43. The monoisotopic (exact) mass is 254 g/mol. The first-order valence-corrected chi connectivity index (χ1v) is 5.63. The Morgan fingerprint density at radius 1 is 1.22 bits per heavy atom. The summed E-state index contributed by atoms with van der Waals surface area (Å²) in [6.07, 6.45) is -3.58. The van der Waals surface area contributed by atoms with E-state index < -0.39 is 6.29 Å². The number of imidazole rings is 1. The molecule has 1 aromatic heterocycles. The van der Waals surface area contributed by atoms with Crippen molar-refractivity contribution in [3.8, 4) is 11.5 Å². The molecule has 2 aromatic rings. The highest BCUT2D eigenvalue weighted by Crippen LogP contribution is 2.43. The Hall–Kier alpha value is -1.85. The van der Waals surface area contributed by atoms with Crippen LogP contribution in [0.2, 0.25) is 0 Å². The largest absolute Gasteiger partial charge is 0.586 e. The van der Waals surface area contributed by atoms with Gasteiger partial charge < -0.3 is 14.0 Å². The number of fused-ring (bicyclic) bond motifs is 2. The Morgan fingerprint density at radius 2 is 1.83 bits per heavy atom. The van der Waals surface area contributed by atoms with Crippen molar-refractivity contribution in [1.29, 1.82) is 0 Å². The summed E-state index contributed by atoms with van der Waals surface area (Å²) in [4.78, 5) is 4.42. The summed E-state index contributed by atoms with van der Waals surface area (Å²) in [7, 11) is 1.85. The van der Waals surface area contributed by atoms with Gasteiger partial charge in [0.15, 0.2) is 11.5 Å². The molecule has 0 bridgehead atoms. The fourth-order valence-corrected chi connectivity index (χ4v) is 2.17. The highest BCUT2D eigenvalue weighted by molar-refractivity contribution is 5.81. The lowest BCUT2D eigenvalue weighted by atomic mass is 10.2. The standard InChI is InChI=1S/C12H12F2N2O2/c1-6(2)11-15-7-4-9-10(5-8(7)16(11)3)18-12(13,14)17-9/h4-6H,1-3H3. The van der Waals surface area contributed by atoms with Crippen LogP contribution in [0.3, 0.4) is 0 Å². The molecule has 0 unspecified atom stereocenters. The molecule has 1 aliphatic rings. The van der Waals surface area contributed by atoms with Gasteiger partial charge in [0, 0.05) is 25.1 Å². The zero-order valence-electron chi connectivity index (χ0n) is 10.2. The van der Waals surface area contributed by atoms with E-state index in [0.717, 1.165) is 11.3 Å². The first-order valence-electron chi connectivity index (χ1n) is 5.63. The van der Waals surface area contributed by atoms with Crippen LogP contribution >= 0.6 is 0 Å². The van der Waals surface area contributed by atoms with Gasteiger partial charge in [-0.25, -0.2) is 4.98 Å². The summed E-state index contributed by atoms with van der Waals surface area (Å²) in [5.41, 5.74) is 1.38. The zero-order chi connectivity index (χ0) is 13.1. The molecule has 2 heterocycles. The summed E-state index contributed by atoms with van der Waals surface area (Å²) in [6.45, 7) is 4.05. The quantitative estimate of drug-likeness (QED) is 0.784. The molecule has 0 fully saturated rings. The van der Waals surface area contributed by atoms with Crippen LogP contribution in [-0.2, 0) is 7.05 Å². The first kappa shape index (κ1) is 11.3. The fourth-order valence-electron chi connectivity index (χ4n) is 2.17. The molecular weight excluding hydrogens is 242 g/mol. The van der Waals surface area contributed by atoms with Crippen molar-refractivity contribution >= 4 is 11.0 Å². The molecule has 3 rings (SSSR count). The van der Waals surface area contributed by atoms with E-state index in [0.29, 0.717) is 5.52 Å². The second kappa shape index (κ2) is 3.34. The molecule has 0 N–H and O–H groups in total. The number of nitrogens with zero attached hydrogens (tertiary/aromatic N) is 2. The number of rotatable bonds is 1. The number of halogens is 2. The number of alkyl halides is 2. The van der Waals surface area contributed by atoms with Crippen LogP contribution in [0.5, 0.6) is 11.5 Å². The van der Waals surface area contributed by atoms with E-state index in [1.54, 1.807) is 0 Å². The van der Waals surface area contributed by atoms with E-state index >= 15 is 0 Å². The second-order valence-corrected chi connectivity index (χ2v) is 4.64. The third-order valence-corrected chi connectivity index (χ3v) is 2.95. The van der Waals surface area contributed by atoms with Crippen molar-refractivity contribution in [3.63, 3.8) is 0 Å². The summed E-state index contributed by atoms with van der Waals surface area (Å²) in [6, 6.07) is 3.02. The minimum absolute atomic E-state index is 0.0286. The average molecular weight is 254 g/mol. The molecule has 0 amide bonds. The van der Waals surface area contributed by atoms with E-state index in [2.05, 4.69) is 14.5 Å². The van der Waals surface area contributed by atoms with Gasteiger partial charge in [-0.05, 0) is 0 Å². The number of hydrogen-bond donors (Lipinski definition) is 0. The molecule has 1 aliphatic heterocycles. The van der Waals surface area contributed by atoms with Crippen LogP contribution in [0.15, 0.2) is 12.1 Å². The Labute approximate surface area is 102 Å². The molecule has 0 spiro atoms. The minimum atomic E-state index is -3.58. The molecule has 4 nitrogen and oxygen atoms in total. The maximum Gasteiger partial charge on any atom is 0.586 e. The highest BCUT2D eigenvalue weighted by atomic mass is 19.3. The Kier molecular flexibility index (Phi) is 2.09. The van der Waals surface area contributed by atoms with E-state index in [1.807, 2.05) is 25.5 Å². The van der Waals surface area contributed by atoms with Crippen molar-refractivity contribution in [2.45, 2.75) is 26.1 Å². The van der Waals surface area contributed by atoms with Crippen LogP contribution < -0.4 is 9.47 Å². The molecule has 0 radical (unpaired) electrons. The van der Waals surface area contributed by atoms with Crippen LogP contribution in [-0.4, -0.2) is 15.8 Å². The van der Waals surface area contributed by atoms with E-state index in [-0.39, 0.29) is 17.4 Å². The zero-order valence-corrected chi connectivity index (χ0v) is 10.2. The van der Waals surface area contributed by atoms with E-state index in [1.165, 1.54) is 12.1 Å². The van der Waals surface area contributed by atoms with Crippen molar-refractivity contribution in [1.82, 2.24) is 9.55 Å². The lowest BCUT2D eigenvalue weighted by Gasteiger charge is -2.05. The number of ether oxygens (including phenoxy) is 2. The maximum atomic E-state index is 12.9. The van der Waals surface area contributed by atoms with Gasteiger partial charge in [-0.1, -0.05) is 13.8 Å². The van der Waals surface area contributed by atoms with Gasteiger partial charge in [-0.15, -0.1) is 8.78 Å². The van der Waals surface area contributed by atoms with Gasteiger partial charge in [0.1, 0.15) is 5.82 Å². The lowest BCUT2D eigenvalue weighted by molar-refractivity contribution is -0.286. The predicted octanol–water partition coefficient (Wildman–Crippen LogP) is 3.02. The molecule has 0 saturated carbocycles. The lowest BCUT2D eigenvalue weighted by Crippen LogP contribution is -2.25. The summed E-state index contributed by atoms with van der Waals surface area (Å²) >= 11 is 0.